The summed E-state index contributed by atoms with van der Waals surface area (Å²) in [4.78, 5) is 13.0. The summed E-state index contributed by atoms with van der Waals surface area (Å²) in [6.45, 7) is 6.36. The van der Waals surface area contributed by atoms with Gasteiger partial charge in [-0.15, -0.1) is 0 Å². The second kappa shape index (κ2) is 3.53. The van der Waals surface area contributed by atoms with Crippen LogP contribution in [0.25, 0.3) is 0 Å². The molecule has 0 radical (unpaired) electrons. The van der Waals surface area contributed by atoms with Gasteiger partial charge in [0.15, 0.2) is 6.29 Å². The third-order valence-electron chi connectivity index (χ3n) is 2.79. The van der Waals surface area contributed by atoms with Gasteiger partial charge >= 0.3 is 0 Å². The Morgan fingerprint density at radius 3 is 2.86 bits per heavy atom. The third-order valence-corrected chi connectivity index (χ3v) is 2.79. The Morgan fingerprint density at radius 1 is 1.57 bits per heavy atom. The van der Waals surface area contributed by atoms with Crippen molar-refractivity contribution in [2.24, 2.45) is 0 Å². The molecule has 1 aromatic rings. The quantitative estimate of drug-likeness (QED) is 0.671. The van der Waals surface area contributed by atoms with Gasteiger partial charge in [0.1, 0.15) is 5.69 Å². The van der Waals surface area contributed by atoms with Crippen molar-refractivity contribution >= 4 is 6.29 Å². The van der Waals surface area contributed by atoms with Crippen LogP contribution in [-0.2, 0) is 0 Å². The van der Waals surface area contributed by atoms with Gasteiger partial charge in [-0.3, -0.25) is 14.4 Å². The minimum Gasteiger partial charge on any atom is -0.297 e. The van der Waals surface area contributed by atoms with Crippen LogP contribution in [0.15, 0.2) is 12.3 Å². The molecular weight excluding hydrogens is 178 g/mol. The Kier molecular flexibility index (Phi) is 2.37. The zero-order valence-electron chi connectivity index (χ0n) is 8.55. The molecule has 4 nitrogen and oxygen atoms in total. The number of hydrogen-bond acceptors (Lipinski definition) is 3. The van der Waals surface area contributed by atoms with Crippen LogP contribution in [0, 0.1) is 0 Å². The van der Waals surface area contributed by atoms with Gasteiger partial charge in [-0.1, -0.05) is 0 Å². The van der Waals surface area contributed by atoms with Crippen molar-refractivity contribution in [2.45, 2.75) is 25.9 Å². The predicted molar refractivity (Wildman–Crippen MR) is 53.4 cm³/mol. The topological polar surface area (TPSA) is 38.1 Å². The highest BCUT2D eigenvalue weighted by molar-refractivity contribution is 5.71. The molecule has 1 saturated heterocycles. The molecule has 76 valence electrons. The van der Waals surface area contributed by atoms with Gasteiger partial charge < -0.3 is 0 Å². The summed E-state index contributed by atoms with van der Waals surface area (Å²) < 4.78 is 1.83. The van der Waals surface area contributed by atoms with Gasteiger partial charge in [-0.2, -0.15) is 5.10 Å². The maximum absolute atomic E-state index is 10.7. The van der Waals surface area contributed by atoms with Gasteiger partial charge in [-0.05, 0) is 19.9 Å². The summed E-state index contributed by atoms with van der Waals surface area (Å²) in [7, 11) is 0. The second-order valence-corrected chi connectivity index (χ2v) is 4.02. The van der Waals surface area contributed by atoms with Crippen LogP contribution in [0.4, 0.5) is 0 Å². The summed E-state index contributed by atoms with van der Waals surface area (Å²) in [5, 5.41) is 4.16. The first-order valence-corrected chi connectivity index (χ1v) is 4.95. The first kappa shape index (κ1) is 9.40. The average Bonchev–Trinajstić information content (AvgIpc) is 2.48. The average molecular weight is 193 g/mol. The Hall–Kier alpha value is -1.16. The van der Waals surface area contributed by atoms with Crippen molar-refractivity contribution in [3.8, 4) is 0 Å². The first-order chi connectivity index (χ1) is 6.72. The van der Waals surface area contributed by atoms with Crippen LogP contribution in [0.2, 0.25) is 0 Å². The van der Waals surface area contributed by atoms with E-state index in [0.717, 1.165) is 19.4 Å². The highest BCUT2D eigenvalue weighted by atomic mass is 16.1. The van der Waals surface area contributed by atoms with E-state index in [1.54, 1.807) is 12.3 Å². The van der Waals surface area contributed by atoms with Crippen LogP contribution >= 0.6 is 0 Å². The molecule has 1 aliphatic heterocycles. The smallest absolute Gasteiger partial charge is 0.168 e. The molecule has 0 spiro atoms. The summed E-state index contributed by atoms with van der Waals surface area (Å²) in [6.07, 6.45) is 2.55. The summed E-state index contributed by atoms with van der Waals surface area (Å²) in [5.41, 5.74) is 0.679. The number of nitrogens with zero attached hydrogens (tertiary/aromatic N) is 3. The standard InChI is InChI=1S/C10H15N3O/c1-8(2)12-5-10(6-12)13-9(7-14)3-4-11-13/h3-4,7-8,10H,5-6H2,1-2H3. The van der Waals surface area contributed by atoms with Gasteiger partial charge in [0.25, 0.3) is 0 Å². The molecule has 0 amide bonds. The van der Waals surface area contributed by atoms with Crippen molar-refractivity contribution in [3.05, 3.63) is 18.0 Å². The number of likely N-dealkylation sites (tertiary alicyclic amines) is 1. The molecule has 0 atom stereocenters. The molecule has 2 rings (SSSR count). The molecule has 4 heteroatoms. The molecule has 0 N–H and O–H groups in total. The number of carbonyl (C=O) groups excluding carboxylic acids is 1. The van der Waals surface area contributed by atoms with Crippen LogP contribution in [-0.4, -0.2) is 40.1 Å². The van der Waals surface area contributed by atoms with Crippen molar-refractivity contribution in [3.63, 3.8) is 0 Å². The molecule has 0 unspecified atom stereocenters. The largest absolute Gasteiger partial charge is 0.297 e. The van der Waals surface area contributed by atoms with Gasteiger partial charge in [-0.25, -0.2) is 0 Å². The maximum atomic E-state index is 10.7. The van der Waals surface area contributed by atoms with Crippen LogP contribution in [0.3, 0.4) is 0 Å². The third kappa shape index (κ3) is 1.46. The van der Waals surface area contributed by atoms with E-state index >= 15 is 0 Å². The lowest BCUT2D eigenvalue weighted by atomic mass is 10.1. The molecular formula is C10H15N3O. The fourth-order valence-corrected chi connectivity index (χ4v) is 1.79. The van der Waals surface area contributed by atoms with E-state index in [4.69, 9.17) is 0 Å². The maximum Gasteiger partial charge on any atom is 0.168 e. The first-order valence-electron chi connectivity index (χ1n) is 4.95. The van der Waals surface area contributed by atoms with E-state index in [-0.39, 0.29) is 0 Å². The van der Waals surface area contributed by atoms with E-state index in [2.05, 4.69) is 23.8 Å². The molecule has 0 aliphatic carbocycles. The lowest BCUT2D eigenvalue weighted by molar-refractivity contribution is 0.0655. The van der Waals surface area contributed by atoms with E-state index in [1.807, 2.05) is 4.68 Å². The van der Waals surface area contributed by atoms with Crippen molar-refractivity contribution < 1.29 is 4.79 Å². The van der Waals surface area contributed by atoms with E-state index < -0.39 is 0 Å². The zero-order valence-corrected chi connectivity index (χ0v) is 8.55. The van der Waals surface area contributed by atoms with E-state index in [1.165, 1.54) is 0 Å². The predicted octanol–water partition coefficient (Wildman–Crippen LogP) is 0.961. The summed E-state index contributed by atoms with van der Waals surface area (Å²) in [6, 6.07) is 2.72. The van der Waals surface area contributed by atoms with E-state index in [0.29, 0.717) is 17.8 Å². The molecule has 2 heterocycles. The Balaban J connectivity index is 2.02. The minimum atomic E-state index is 0.382. The number of carbonyl (C=O) groups is 1. The lowest BCUT2D eigenvalue weighted by Gasteiger charge is -2.42. The highest BCUT2D eigenvalue weighted by Gasteiger charge is 2.31. The second-order valence-electron chi connectivity index (χ2n) is 4.02. The number of aldehydes is 1. The minimum absolute atomic E-state index is 0.382. The van der Waals surface area contributed by atoms with Crippen molar-refractivity contribution in [2.75, 3.05) is 13.1 Å². The molecule has 1 aromatic heterocycles. The fraction of sp³-hybridized carbons (Fsp3) is 0.600. The van der Waals surface area contributed by atoms with Crippen LogP contribution in [0.1, 0.15) is 30.4 Å². The Labute approximate surface area is 83.5 Å². The number of hydrogen-bond donors (Lipinski definition) is 0. The molecule has 0 bridgehead atoms. The molecule has 0 aromatic carbocycles. The Morgan fingerprint density at radius 2 is 2.29 bits per heavy atom. The van der Waals surface area contributed by atoms with Crippen LogP contribution < -0.4 is 0 Å². The molecule has 14 heavy (non-hydrogen) atoms. The molecule has 0 saturated carbocycles. The molecule has 1 fully saturated rings. The number of aromatic nitrogens is 2. The van der Waals surface area contributed by atoms with Crippen LogP contribution in [0.5, 0.6) is 0 Å². The SMILES string of the molecule is CC(C)N1CC(n2nccc2C=O)C1. The number of rotatable bonds is 3. The Bertz CT molecular complexity index is 326. The van der Waals surface area contributed by atoms with Gasteiger partial charge in [0.2, 0.25) is 0 Å². The van der Waals surface area contributed by atoms with Crippen molar-refractivity contribution in [1.82, 2.24) is 14.7 Å². The molecule has 1 aliphatic rings. The summed E-state index contributed by atoms with van der Waals surface area (Å²) >= 11 is 0. The summed E-state index contributed by atoms with van der Waals surface area (Å²) in [5.74, 6) is 0. The van der Waals surface area contributed by atoms with E-state index in [9.17, 15) is 4.79 Å². The zero-order chi connectivity index (χ0) is 10.1. The lowest BCUT2D eigenvalue weighted by Crippen LogP contribution is -2.51. The van der Waals surface area contributed by atoms with Gasteiger partial charge in [0.05, 0.1) is 6.04 Å². The van der Waals surface area contributed by atoms with Crippen molar-refractivity contribution in [1.29, 1.82) is 0 Å². The fourth-order valence-electron chi connectivity index (χ4n) is 1.79. The van der Waals surface area contributed by atoms with Gasteiger partial charge in [0, 0.05) is 25.3 Å². The normalized spacial score (nSPS) is 18.5. The highest BCUT2D eigenvalue weighted by Crippen LogP contribution is 2.23. The monoisotopic (exact) mass is 193 g/mol.